The molecule has 0 amide bonds. The zero-order chi connectivity index (χ0) is 16.0. The molecule has 126 valence electrons. The van der Waals surface area contributed by atoms with E-state index in [1.165, 1.54) is 44.9 Å². The van der Waals surface area contributed by atoms with Crippen LogP contribution in [0.2, 0.25) is 13.3 Å². The van der Waals surface area contributed by atoms with E-state index < -0.39 is 18.4 Å². The zero-order valence-electron chi connectivity index (χ0n) is 15.2. The molecule has 1 atom stereocenters. The Bertz CT molecular complexity index is 228. The van der Waals surface area contributed by atoms with E-state index in [0.717, 1.165) is 6.42 Å². The van der Waals surface area contributed by atoms with Gasteiger partial charge in [0.2, 0.25) is 0 Å². The molecule has 0 aliphatic rings. The molecule has 0 fully saturated rings. The van der Waals surface area contributed by atoms with E-state index >= 15 is 0 Å². The maximum atomic E-state index is 9.13. The first-order valence-corrected chi connectivity index (χ1v) is 17.1. The number of unbranched alkanes of at least 4 members (excludes halogenated alkanes) is 3. The molecule has 0 aliphatic heterocycles. The van der Waals surface area contributed by atoms with Crippen molar-refractivity contribution in [1.29, 1.82) is 0 Å². The monoisotopic (exact) mass is 404 g/mol. The summed E-state index contributed by atoms with van der Waals surface area (Å²) in [6.45, 7) is 9.49. The predicted octanol–water partition coefficient (Wildman–Crippen LogP) is 6.34. The third kappa shape index (κ3) is 10.8. The Morgan fingerprint density at radius 2 is 1.38 bits per heavy atom. The van der Waals surface area contributed by atoms with Crippen molar-refractivity contribution in [2.24, 2.45) is 5.92 Å². The molecular weight excluding hydrogens is 363 g/mol. The summed E-state index contributed by atoms with van der Waals surface area (Å²) < 4.78 is 7.46. The van der Waals surface area contributed by atoms with Crippen molar-refractivity contribution in [2.45, 2.75) is 92.4 Å². The van der Waals surface area contributed by atoms with Crippen LogP contribution < -0.4 is 0 Å². The summed E-state index contributed by atoms with van der Waals surface area (Å²) in [7, 11) is 0. The first kappa shape index (κ1) is 21.5. The van der Waals surface area contributed by atoms with E-state index in [0.29, 0.717) is 12.5 Å². The van der Waals surface area contributed by atoms with Crippen molar-refractivity contribution in [1.82, 2.24) is 0 Å². The summed E-state index contributed by atoms with van der Waals surface area (Å²) in [6.07, 6.45) is 13.2. The summed E-state index contributed by atoms with van der Waals surface area (Å²) in [5.41, 5.74) is 0. The predicted molar refractivity (Wildman–Crippen MR) is 99.5 cm³/mol. The molecule has 21 heavy (non-hydrogen) atoms. The molecule has 0 spiro atoms. The maximum absolute atomic E-state index is 9.13. The first-order valence-electron chi connectivity index (χ1n) is 9.42. The molecule has 1 N–H and O–H groups in total. The van der Waals surface area contributed by atoms with E-state index in [4.69, 9.17) is 5.11 Å². The Kier molecular flexibility index (Phi) is 14.4. The molecule has 0 radical (unpaired) electrons. The van der Waals surface area contributed by atoms with Gasteiger partial charge in [-0.1, -0.05) is 0 Å². The van der Waals surface area contributed by atoms with E-state index in [9.17, 15) is 0 Å². The van der Waals surface area contributed by atoms with Crippen LogP contribution in [0.1, 0.15) is 79.1 Å². The Labute approximate surface area is 138 Å². The molecule has 0 saturated carbocycles. The van der Waals surface area contributed by atoms with Crippen LogP contribution in [0.4, 0.5) is 0 Å². The third-order valence-corrected chi connectivity index (χ3v) is 18.9. The normalized spacial score (nSPS) is 14.0. The van der Waals surface area contributed by atoms with Gasteiger partial charge in [-0.15, -0.1) is 0 Å². The third-order valence-electron chi connectivity index (χ3n) is 4.69. The first-order chi connectivity index (χ1) is 10.1. The van der Waals surface area contributed by atoms with Crippen LogP contribution in [0.5, 0.6) is 0 Å². The van der Waals surface area contributed by atoms with Gasteiger partial charge in [-0.3, -0.25) is 0 Å². The van der Waals surface area contributed by atoms with Gasteiger partial charge >= 0.3 is 139 Å². The van der Waals surface area contributed by atoms with Crippen LogP contribution in [0.15, 0.2) is 10.2 Å². The van der Waals surface area contributed by atoms with Crippen LogP contribution in [0.3, 0.4) is 0 Å². The number of hydrogen-bond acceptors (Lipinski definition) is 1. The number of hydrogen-bond donors (Lipinski definition) is 1. The molecule has 0 heterocycles. The van der Waals surface area contributed by atoms with Crippen molar-refractivity contribution in [3.8, 4) is 0 Å². The minimum absolute atomic E-state index is 0.337. The van der Waals surface area contributed by atoms with Crippen molar-refractivity contribution < 1.29 is 5.11 Å². The van der Waals surface area contributed by atoms with Gasteiger partial charge < -0.3 is 0 Å². The van der Waals surface area contributed by atoms with E-state index in [1.807, 2.05) is 0 Å². The summed E-state index contributed by atoms with van der Waals surface area (Å²) in [4.78, 5) is 0. The fourth-order valence-corrected chi connectivity index (χ4v) is 17.5. The molecule has 0 unspecified atom stereocenters. The molecule has 0 aromatic heterocycles. The quantitative estimate of drug-likeness (QED) is 0.336. The summed E-state index contributed by atoms with van der Waals surface area (Å²) in [5.74, 6) is 0.459. The number of aliphatic hydroxyl groups excluding tert-OH is 1. The Morgan fingerprint density at radius 1 is 0.905 bits per heavy atom. The molecule has 2 heteroatoms. The average Bonchev–Trinajstić information content (AvgIpc) is 2.52. The minimum atomic E-state index is -2.02. The molecule has 0 saturated heterocycles. The summed E-state index contributed by atoms with van der Waals surface area (Å²) >= 11 is -2.02. The Balaban J connectivity index is 4.64. The van der Waals surface area contributed by atoms with Crippen molar-refractivity contribution >= 4 is 18.4 Å². The van der Waals surface area contributed by atoms with E-state index in [2.05, 4.69) is 37.9 Å². The van der Waals surface area contributed by atoms with Gasteiger partial charge in [0.1, 0.15) is 0 Å². The van der Waals surface area contributed by atoms with Gasteiger partial charge in [0, 0.05) is 0 Å². The van der Waals surface area contributed by atoms with Crippen LogP contribution in [-0.2, 0) is 0 Å². The van der Waals surface area contributed by atoms with Gasteiger partial charge in [-0.25, -0.2) is 0 Å². The van der Waals surface area contributed by atoms with E-state index in [1.54, 1.807) is 13.3 Å². The zero-order valence-corrected chi connectivity index (χ0v) is 18.0. The molecule has 0 aromatic rings. The van der Waals surface area contributed by atoms with Gasteiger partial charge in [0.25, 0.3) is 0 Å². The standard InChI is InChI=1S/C7H13O.3C4H9.Sn/c1-3-4-5-7(2)6-8;3*1-3-4-2;/h1,3,7-8H,4-6H2,2H3;3*1,3-4H2,2H3;/t7-;;;;/m0..../s1. The second-order valence-corrected chi connectivity index (χ2v) is 19.9. The van der Waals surface area contributed by atoms with Crippen LogP contribution in [0.25, 0.3) is 0 Å². The van der Waals surface area contributed by atoms with Gasteiger partial charge in [-0.2, -0.15) is 0 Å². The molecule has 0 aliphatic carbocycles. The Morgan fingerprint density at radius 3 is 1.76 bits per heavy atom. The van der Waals surface area contributed by atoms with Crippen LogP contribution in [0, 0.1) is 5.92 Å². The van der Waals surface area contributed by atoms with Gasteiger partial charge in [-0.05, 0) is 0 Å². The van der Waals surface area contributed by atoms with Crippen molar-refractivity contribution in [2.75, 3.05) is 6.61 Å². The second-order valence-electron chi connectivity index (χ2n) is 6.94. The second kappa shape index (κ2) is 14.1. The Hall–Kier alpha value is 0.499. The van der Waals surface area contributed by atoms with Crippen LogP contribution >= 0.6 is 0 Å². The SMILES string of the molecule is CCC[CH2][Sn](/[CH]=C/CC[C@H](C)CO)([CH2]CCC)[CH2]CCC. The summed E-state index contributed by atoms with van der Waals surface area (Å²) in [6, 6.07) is 0. The fraction of sp³-hybridized carbons (Fsp3) is 0.895. The van der Waals surface area contributed by atoms with Crippen molar-refractivity contribution in [3.63, 3.8) is 0 Å². The number of rotatable bonds is 14. The topological polar surface area (TPSA) is 20.2 Å². The molecule has 0 aromatic carbocycles. The van der Waals surface area contributed by atoms with E-state index in [-0.39, 0.29) is 0 Å². The number of allylic oxidation sites excluding steroid dienone is 1. The molecule has 1 nitrogen and oxygen atoms in total. The van der Waals surface area contributed by atoms with Gasteiger partial charge in [0.15, 0.2) is 0 Å². The molecular formula is C19H40OSn. The molecule has 0 bridgehead atoms. The van der Waals surface area contributed by atoms with Crippen LogP contribution in [-0.4, -0.2) is 30.1 Å². The van der Waals surface area contributed by atoms with Crippen molar-refractivity contribution in [3.05, 3.63) is 10.2 Å². The average molecular weight is 403 g/mol. The fourth-order valence-electron chi connectivity index (χ4n) is 3.02. The molecule has 0 rings (SSSR count). The van der Waals surface area contributed by atoms with Gasteiger partial charge in [0.05, 0.1) is 0 Å². The summed E-state index contributed by atoms with van der Waals surface area (Å²) in [5, 5.41) is 9.13. The number of aliphatic hydroxyl groups is 1.